The smallest absolute Gasteiger partial charge is 0.267 e. The first-order chi connectivity index (χ1) is 20.4. The number of hydrogen-bond acceptors (Lipinski definition) is 5. The Bertz CT molecular complexity index is 1440. The van der Waals surface area contributed by atoms with Crippen molar-refractivity contribution in [3.8, 4) is 5.75 Å². The van der Waals surface area contributed by atoms with E-state index in [-0.39, 0.29) is 35.3 Å². The van der Waals surface area contributed by atoms with E-state index in [9.17, 15) is 14.7 Å². The largest absolute Gasteiger partial charge is 0.487 e. The van der Waals surface area contributed by atoms with E-state index >= 15 is 0 Å². The number of ketones is 1. The predicted octanol–water partition coefficient (Wildman–Crippen LogP) is 6.98. The van der Waals surface area contributed by atoms with Gasteiger partial charge in [-0.25, -0.2) is 4.68 Å². The van der Waals surface area contributed by atoms with Crippen LogP contribution in [-0.4, -0.2) is 32.4 Å². The molecule has 2 aliphatic carbocycles. The summed E-state index contributed by atoms with van der Waals surface area (Å²) in [5.41, 5.74) is 3.81. The molecule has 6 nitrogen and oxygen atoms in total. The number of aryl methyl sites for hydroxylation is 1. The Kier molecular flexibility index (Phi) is 8.62. The van der Waals surface area contributed by atoms with Gasteiger partial charge in [0.1, 0.15) is 17.0 Å². The van der Waals surface area contributed by atoms with Crippen molar-refractivity contribution in [3.63, 3.8) is 0 Å². The lowest BCUT2D eigenvalue weighted by atomic mass is 9.69. The van der Waals surface area contributed by atoms with Crippen LogP contribution >= 0.6 is 0 Å². The van der Waals surface area contributed by atoms with E-state index < -0.39 is 6.10 Å². The second kappa shape index (κ2) is 12.5. The molecule has 0 saturated heterocycles. The number of rotatable bonds is 11. The first-order valence-electron chi connectivity index (χ1n) is 16.1. The molecule has 222 valence electrons. The highest BCUT2D eigenvalue weighted by molar-refractivity contribution is 5.94. The number of ether oxygens (including phenoxy) is 1. The van der Waals surface area contributed by atoms with Crippen molar-refractivity contribution in [2.75, 3.05) is 0 Å². The topological polar surface area (TPSA) is 81.4 Å². The summed E-state index contributed by atoms with van der Waals surface area (Å²) in [6.07, 6.45) is 11.1. The van der Waals surface area contributed by atoms with Crippen LogP contribution in [0, 0.1) is 5.92 Å². The predicted molar refractivity (Wildman–Crippen MR) is 164 cm³/mol. The summed E-state index contributed by atoms with van der Waals surface area (Å²) in [4.78, 5) is 26.1. The lowest BCUT2D eigenvalue weighted by molar-refractivity contribution is -0.0359. The molecule has 2 saturated carbocycles. The molecule has 2 aromatic carbocycles. The highest BCUT2D eigenvalue weighted by Crippen LogP contribution is 2.51. The van der Waals surface area contributed by atoms with Gasteiger partial charge in [-0.05, 0) is 105 Å². The molecule has 1 aliphatic heterocycles. The van der Waals surface area contributed by atoms with Crippen LogP contribution in [0.1, 0.15) is 117 Å². The number of Topliss-reactive ketones (excluding diaryl/α,β-unsaturated/α-hetero) is 1. The second-order valence-corrected chi connectivity index (χ2v) is 12.9. The third-order valence-corrected chi connectivity index (χ3v) is 10.1. The van der Waals surface area contributed by atoms with Crippen LogP contribution in [0.4, 0.5) is 0 Å². The Morgan fingerprint density at radius 3 is 2.55 bits per heavy atom. The van der Waals surface area contributed by atoms with E-state index in [0.717, 1.165) is 69.1 Å². The number of aromatic nitrogens is 2. The quantitative estimate of drug-likeness (QED) is 0.252. The number of fused-ring (bicyclic) bond motifs is 1. The lowest BCUT2D eigenvalue weighted by Crippen LogP contribution is -2.47. The van der Waals surface area contributed by atoms with Crippen molar-refractivity contribution in [3.05, 3.63) is 93.4 Å². The number of benzene rings is 2. The summed E-state index contributed by atoms with van der Waals surface area (Å²) in [6, 6.07) is 19.8. The van der Waals surface area contributed by atoms with E-state index in [1.165, 1.54) is 28.3 Å². The molecule has 0 amide bonds. The van der Waals surface area contributed by atoms with Gasteiger partial charge < -0.3 is 9.84 Å². The third-order valence-electron chi connectivity index (χ3n) is 10.1. The van der Waals surface area contributed by atoms with Gasteiger partial charge in [-0.15, -0.1) is 0 Å². The maximum Gasteiger partial charge on any atom is 0.267 e. The fraction of sp³-hybridized carbons (Fsp3) is 0.528. The Balaban J connectivity index is 1.20. The highest BCUT2D eigenvalue weighted by Gasteiger charge is 2.45. The Morgan fingerprint density at radius 1 is 1.05 bits per heavy atom. The van der Waals surface area contributed by atoms with Crippen LogP contribution in [0.2, 0.25) is 0 Å². The molecular weight excluding hydrogens is 524 g/mol. The maximum atomic E-state index is 13.6. The van der Waals surface area contributed by atoms with E-state index in [1.54, 1.807) is 6.07 Å². The zero-order valence-corrected chi connectivity index (χ0v) is 24.8. The number of nitrogens with zero attached hydrogens (tertiary/aromatic N) is 2. The van der Waals surface area contributed by atoms with Crippen LogP contribution in [0.25, 0.3) is 0 Å². The number of carbonyl (C=O) groups is 1. The van der Waals surface area contributed by atoms with E-state index in [2.05, 4.69) is 42.4 Å². The molecule has 1 N–H and O–H groups in total. The zero-order chi connectivity index (χ0) is 29.1. The van der Waals surface area contributed by atoms with Crippen LogP contribution < -0.4 is 10.3 Å². The van der Waals surface area contributed by atoms with Crippen molar-refractivity contribution in [1.29, 1.82) is 0 Å². The summed E-state index contributed by atoms with van der Waals surface area (Å²) in [5, 5.41) is 16.2. The van der Waals surface area contributed by atoms with E-state index in [4.69, 9.17) is 4.74 Å². The molecule has 1 spiro atoms. The van der Waals surface area contributed by atoms with Gasteiger partial charge >= 0.3 is 0 Å². The average Bonchev–Trinajstić information content (AvgIpc) is 3.54. The first kappa shape index (κ1) is 28.9. The van der Waals surface area contributed by atoms with Crippen LogP contribution in [0.15, 0.2) is 65.5 Å². The van der Waals surface area contributed by atoms with Crippen molar-refractivity contribution >= 4 is 5.78 Å². The minimum Gasteiger partial charge on any atom is -0.487 e. The van der Waals surface area contributed by atoms with Gasteiger partial charge in [-0.2, -0.15) is 5.10 Å². The molecule has 6 rings (SSSR count). The minimum atomic E-state index is -0.632. The minimum absolute atomic E-state index is 0.0517. The fourth-order valence-electron chi connectivity index (χ4n) is 7.39. The molecule has 2 heterocycles. The molecule has 0 unspecified atom stereocenters. The van der Waals surface area contributed by atoms with Crippen molar-refractivity contribution in [1.82, 2.24) is 9.78 Å². The van der Waals surface area contributed by atoms with Gasteiger partial charge in [-0.3, -0.25) is 9.59 Å². The number of aliphatic hydroxyl groups excluding tert-OH is 1. The van der Waals surface area contributed by atoms with Crippen LogP contribution in [0.3, 0.4) is 0 Å². The fourth-order valence-corrected chi connectivity index (χ4v) is 7.39. The van der Waals surface area contributed by atoms with Gasteiger partial charge in [0, 0.05) is 12.5 Å². The molecule has 0 bridgehead atoms. The molecule has 42 heavy (non-hydrogen) atoms. The zero-order valence-electron chi connectivity index (χ0n) is 24.8. The van der Waals surface area contributed by atoms with Gasteiger partial charge in [0.15, 0.2) is 5.78 Å². The van der Waals surface area contributed by atoms with E-state index in [1.807, 2.05) is 18.2 Å². The molecule has 3 aliphatic rings. The summed E-state index contributed by atoms with van der Waals surface area (Å²) in [5.74, 6) is 0.990. The highest BCUT2D eigenvalue weighted by atomic mass is 16.5. The Morgan fingerprint density at radius 2 is 1.83 bits per heavy atom. The third kappa shape index (κ3) is 6.24. The molecule has 6 heteroatoms. The standard InChI is InChI=1S/C36H44N2O4/c1-2-25-13-17-34-30(22-25)27(24-36(42-34)19-8-20-36)14-16-32(39)28(21-26-9-4-3-5-10-26)23-33(40)31-15-18-35(41)38(37-31)29-11-6-7-12-29/h3-5,9-10,13,15,17-18,22,27-29,32,39H,2,6-8,11-12,14,16,19-21,23-24H2,1H3/t27-,28+,32+/m0/s1. The average molecular weight is 569 g/mol. The number of carbonyl (C=O) groups excluding carboxylic acids is 1. The van der Waals surface area contributed by atoms with Crippen LogP contribution in [0.5, 0.6) is 5.75 Å². The number of hydrogen-bond donors (Lipinski definition) is 1. The molecule has 2 fully saturated rings. The molecule has 3 atom stereocenters. The summed E-state index contributed by atoms with van der Waals surface area (Å²) in [7, 11) is 0. The van der Waals surface area contributed by atoms with Crippen LogP contribution in [-0.2, 0) is 12.8 Å². The van der Waals surface area contributed by atoms with Gasteiger partial charge in [0.2, 0.25) is 0 Å². The van der Waals surface area contributed by atoms with Crippen molar-refractivity contribution in [2.24, 2.45) is 5.92 Å². The normalized spacial score (nSPS) is 20.9. The van der Waals surface area contributed by atoms with Crippen molar-refractivity contribution < 1.29 is 14.6 Å². The molecule has 3 aromatic rings. The SMILES string of the molecule is CCc1ccc2c(c1)[C@@H](CC[C@@H](O)[C@@H](CC(=O)c1ccc(=O)n(C3CCCC3)n1)Cc1ccccc1)CC1(CCC1)O2. The van der Waals surface area contributed by atoms with Gasteiger partial charge in [0.05, 0.1) is 12.1 Å². The Labute approximate surface area is 249 Å². The monoisotopic (exact) mass is 568 g/mol. The lowest BCUT2D eigenvalue weighted by Gasteiger charge is -2.48. The first-order valence-corrected chi connectivity index (χ1v) is 16.1. The van der Waals surface area contributed by atoms with Crippen molar-refractivity contribution in [2.45, 2.75) is 114 Å². The van der Waals surface area contributed by atoms with Gasteiger partial charge in [-0.1, -0.05) is 62.2 Å². The second-order valence-electron chi connectivity index (χ2n) is 12.9. The summed E-state index contributed by atoms with van der Waals surface area (Å²) in [6.45, 7) is 2.18. The summed E-state index contributed by atoms with van der Waals surface area (Å²) < 4.78 is 8.06. The number of aliphatic hydroxyl groups is 1. The molecular formula is C36H44N2O4. The van der Waals surface area contributed by atoms with E-state index in [0.29, 0.717) is 24.5 Å². The maximum absolute atomic E-state index is 13.6. The Hall–Kier alpha value is -3.25. The summed E-state index contributed by atoms with van der Waals surface area (Å²) >= 11 is 0. The van der Waals surface area contributed by atoms with Gasteiger partial charge in [0.25, 0.3) is 5.56 Å². The molecule has 1 aromatic heterocycles. The molecule has 0 radical (unpaired) electrons.